The van der Waals surface area contributed by atoms with E-state index in [0.717, 1.165) is 37.3 Å². The normalized spacial score (nSPS) is 19.9. The van der Waals surface area contributed by atoms with Gasteiger partial charge in [0.25, 0.3) is 0 Å². The molecule has 29 heavy (non-hydrogen) atoms. The minimum Gasteiger partial charge on any atom is -0.466 e. The van der Waals surface area contributed by atoms with Gasteiger partial charge in [-0.25, -0.2) is 0 Å². The van der Waals surface area contributed by atoms with E-state index in [9.17, 15) is 4.79 Å². The van der Waals surface area contributed by atoms with Gasteiger partial charge in [0.2, 0.25) is 4.77 Å². The van der Waals surface area contributed by atoms with Crippen molar-refractivity contribution in [3.63, 3.8) is 0 Å². The van der Waals surface area contributed by atoms with Crippen LogP contribution in [0.1, 0.15) is 46.1 Å². The second-order valence-corrected chi connectivity index (χ2v) is 9.31. The molecule has 0 aliphatic carbocycles. The molecule has 1 aromatic carbocycles. The highest BCUT2D eigenvalue weighted by Crippen LogP contribution is 2.25. The fourth-order valence-corrected chi connectivity index (χ4v) is 4.12. The highest BCUT2D eigenvalue weighted by Gasteiger charge is 2.30. The van der Waals surface area contributed by atoms with Crippen molar-refractivity contribution in [2.24, 2.45) is 13.0 Å². The standard InChI is InChI=1S/C22H32N4O2S/c1-6-28-20(27)17-8-7-13-25(14-17)15-26-21(29)24(5)19(23-26)16-9-11-18(12-10-16)22(2,3)4/h9-12,17H,6-8,13-15H2,1-5H3/p+1/t17-/m0/s1. The molecular formula is C22H33N4O2S+. The van der Waals surface area contributed by atoms with Gasteiger partial charge in [0, 0.05) is 12.6 Å². The maximum absolute atomic E-state index is 12.1. The van der Waals surface area contributed by atoms with E-state index in [2.05, 4.69) is 45.0 Å². The van der Waals surface area contributed by atoms with Crippen molar-refractivity contribution >= 4 is 18.2 Å². The average molecular weight is 418 g/mol. The third-order valence-electron chi connectivity index (χ3n) is 5.66. The average Bonchev–Trinajstić information content (AvgIpc) is 2.96. The Hall–Kier alpha value is -1.99. The second-order valence-electron chi connectivity index (χ2n) is 8.95. The maximum atomic E-state index is 12.1. The zero-order chi connectivity index (χ0) is 21.2. The summed E-state index contributed by atoms with van der Waals surface area (Å²) in [5, 5.41) is 4.81. The van der Waals surface area contributed by atoms with Crippen molar-refractivity contribution in [3.05, 3.63) is 34.6 Å². The number of aromatic nitrogens is 3. The minimum absolute atomic E-state index is 0.0269. The van der Waals surface area contributed by atoms with Gasteiger partial charge in [-0.1, -0.05) is 45.0 Å². The summed E-state index contributed by atoms with van der Waals surface area (Å²) in [7, 11) is 1.96. The fourth-order valence-electron chi connectivity index (χ4n) is 3.93. The van der Waals surface area contributed by atoms with Gasteiger partial charge in [-0.3, -0.25) is 4.79 Å². The molecule has 2 heterocycles. The summed E-state index contributed by atoms with van der Waals surface area (Å²) in [6.45, 7) is 11.4. The number of nitrogens with one attached hydrogen (secondary N) is 1. The molecule has 1 N–H and O–H groups in total. The van der Waals surface area contributed by atoms with Gasteiger partial charge in [-0.2, -0.15) is 4.68 Å². The summed E-state index contributed by atoms with van der Waals surface area (Å²) < 4.78 is 9.78. The van der Waals surface area contributed by atoms with E-state index in [-0.39, 0.29) is 17.3 Å². The number of ether oxygens (including phenoxy) is 1. The summed E-state index contributed by atoms with van der Waals surface area (Å²) in [6.07, 6.45) is 1.92. The number of piperidine rings is 1. The van der Waals surface area contributed by atoms with Gasteiger partial charge in [-0.15, -0.1) is 5.10 Å². The van der Waals surface area contributed by atoms with E-state index in [1.54, 1.807) is 0 Å². The van der Waals surface area contributed by atoms with E-state index >= 15 is 0 Å². The highest BCUT2D eigenvalue weighted by atomic mass is 32.1. The quantitative estimate of drug-likeness (QED) is 0.600. The van der Waals surface area contributed by atoms with Crippen LogP contribution >= 0.6 is 12.2 Å². The van der Waals surface area contributed by atoms with Crippen LogP contribution in [0, 0.1) is 10.7 Å². The van der Waals surface area contributed by atoms with Gasteiger partial charge in [0.15, 0.2) is 12.5 Å². The monoisotopic (exact) mass is 417 g/mol. The van der Waals surface area contributed by atoms with Gasteiger partial charge < -0.3 is 14.2 Å². The lowest BCUT2D eigenvalue weighted by Gasteiger charge is -2.28. The highest BCUT2D eigenvalue weighted by molar-refractivity contribution is 7.71. The molecule has 3 rings (SSSR count). The van der Waals surface area contributed by atoms with Crippen LogP contribution < -0.4 is 4.90 Å². The van der Waals surface area contributed by atoms with Crippen molar-refractivity contribution in [2.75, 3.05) is 19.7 Å². The molecule has 1 aliphatic heterocycles. The van der Waals surface area contributed by atoms with Gasteiger partial charge in [0.1, 0.15) is 5.92 Å². The first kappa shape index (κ1) is 21.7. The van der Waals surface area contributed by atoms with Crippen LogP contribution in [-0.2, 0) is 28.7 Å². The SMILES string of the molecule is CCOC(=O)[C@H]1CCC[NH+](Cn2nc(-c3ccc(C(C)(C)C)cc3)n(C)c2=S)C1. The van der Waals surface area contributed by atoms with Crippen LogP contribution in [0.5, 0.6) is 0 Å². The van der Waals surface area contributed by atoms with Crippen LogP contribution in [0.3, 0.4) is 0 Å². The summed E-state index contributed by atoms with van der Waals surface area (Å²) in [6, 6.07) is 8.56. The first-order chi connectivity index (χ1) is 13.7. The predicted octanol–water partition coefficient (Wildman–Crippen LogP) is 2.73. The molecule has 0 radical (unpaired) electrons. The van der Waals surface area contributed by atoms with Gasteiger partial charge in [-0.05, 0) is 43.0 Å². The number of esters is 1. The van der Waals surface area contributed by atoms with Crippen LogP contribution in [0.4, 0.5) is 0 Å². The van der Waals surface area contributed by atoms with Crippen molar-refractivity contribution in [3.8, 4) is 11.4 Å². The Morgan fingerprint density at radius 1 is 1.31 bits per heavy atom. The van der Waals surface area contributed by atoms with Crippen LogP contribution in [0.25, 0.3) is 11.4 Å². The molecule has 1 aromatic heterocycles. The number of carbonyl (C=O) groups excluding carboxylic acids is 1. The minimum atomic E-state index is -0.0751. The summed E-state index contributed by atoms with van der Waals surface area (Å²) in [4.78, 5) is 13.4. The van der Waals surface area contributed by atoms with E-state index < -0.39 is 0 Å². The molecule has 0 amide bonds. The number of benzene rings is 1. The third-order valence-corrected chi connectivity index (χ3v) is 6.15. The van der Waals surface area contributed by atoms with Crippen molar-refractivity contribution in [1.29, 1.82) is 0 Å². The van der Waals surface area contributed by atoms with Gasteiger partial charge in [0.05, 0.1) is 19.7 Å². The Kier molecular flexibility index (Phi) is 6.58. The molecule has 0 bridgehead atoms. The van der Waals surface area contributed by atoms with Crippen molar-refractivity contribution in [1.82, 2.24) is 14.3 Å². The van der Waals surface area contributed by atoms with E-state index in [1.807, 2.05) is 23.2 Å². The Balaban J connectivity index is 1.77. The van der Waals surface area contributed by atoms with E-state index in [1.165, 1.54) is 10.5 Å². The van der Waals surface area contributed by atoms with Crippen LogP contribution in [0.2, 0.25) is 0 Å². The van der Waals surface area contributed by atoms with Crippen LogP contribution in [0.15, 0.2) is 24.3 Å². The number of hydrogen-bond acceptors (Lipinski definition) is 4. The Morgan fingerprint density at radius 3 is 2.62 bits per heavy atom. The first-order valence-corrected chi connectivity index (χ1v) is 10.9. The fraction of sp³-hybridized carbons (Fsp3) is 0.591. The molecule has 7 heteroatoms. The molecule has 2 aromatic rings. The molecule has 6 nitrogen and oxygen atoms in total. The third kappa shape index (κ3) is 4.95. The summed E-state index contributed by atoms with van der Waals surface area (Å²) >= 11 is 5.65. The molecular weight excluding hydrogens is 384 g/mol. The lowest BCUT2D eigenvalue weighted by molar-refractivity contribution is -0.930. The van der Waals surface area contributed by atoms with Crippen molar-refractivity contribution in [2.45, 2.75) is 52.6 Å². The Labute approximate surface area is 178 Å². The second kappa shape index (κ2) is 8.79. The Morgan fingerprint density at radius 2 is 2.00 bits per heavy atom. The smallest absolute Gasteiger partial charge is 0.314 e. The van der Waals surface area contributed by atoms with Gasteiger partial charge >= 0.3 is 5.97 Å². The topological polar surface area (TPSA) is 53.5 Å². The molecule has 158 valence electrons. The largest absolute Gasteiger partial charge is 0.466 e. The number of likely N-dealkylation sites (tertiary alicyclic amines) is 1. The number of carbonyl (C=O) groups is 1. The molecule has 2 atom stereocenters. The lowest BCUT2D eigenvalue weighted by Crippen LogP contribution is -3.13. The summed E-state index contributed by atoms with van der Waals surface area (Å²) in [5.41, 5.74) is 2.48. The molecule has 1 saturated heterocycles. The maximum Gasteiger partial charge on any atom is 0.314 e. The molecule has 1 aliphatic rings. The summed E-state index contributed by atoms with van der Waals surface area (Å²) in [5.74, 6) is 0.767. The van der Waals surface area contributed by atoms with Crippen molar-refractivity contribution < 1.29 is 14.4 Å². The Bertz CT molecular complexity index is 908. The zero-order valence-corrected chi connectivity index (χ0v) is 19.0. The number of rotatable bonds is 5. The van der Waals surface area contributed by atoms with E-state index in [0.29, 0.717) is 18.0 Å². The molecule has 0 saturated carbocycles. The van der Waals surface area contributed by atoms with Crippen LogP contribution in [-0.4, -0.2) is 40.0 Å². The molecule has 1 unspecified atom stereocenters. The molecule has 0 spiro atoms. The number of hydrogen-bond donors (Lipinski definition) is 1. The molecule has 1 fully saturated rings. The zero-order valence-electron chi connectivity index (χ0n) is 18.2. The lowest BCUT2D eigenvalue weighted by atomic mass is 9.87. The number of quaternary nitrogens is 1. The van der Waals surface area contributed by atoms with E-state index in [4.69, 9.17) is 22.1 Å². The first-order valence-electron chi connectivity index (χ1n) is 10.5. The predicted molar refractivity (Wildman–Crippen MR) is 116 cm³/mol. The number of nitrogens with zero attached hydrogens (tertiary/aromatic N) is 3.